The van der Waals surface area contributed by atoms with Gasteiger partial charge in [0.15, 0.2) is 5.78 Å². The van der Waals surface area contributed by atoms with Crippen molar-refractivity contribution in [3.63, 3.8) is 0 Å². The molecule has 3 heteroatoms. The second-order valence-corrected chi connectivity index (χ2v) is 9.65. The van der Waals surface area contributed by atoms with E-state index in [0.29, 0.717) is 23.5 Å². The first kappa shape index (κ1) is 17.3. The maximum absolute atomic E-state index is 12.1. The van der Waals surface area contributed by atoms with Gasteiger partial charge >= 0.3 is 5.97 Å². The molecule has 0 aromatic rings. The number of hydrogen-bond donors (Lipinski definition) is 0. The van der Waals surface area contributed by atoms with Gasteiger partial charge < -0.3 is 4.74 Å². The number of allylic oxidation sites excluding steroid dienone is 2. The highest BCUT2D eigenvalue weighted by Gasteiger charge is 2.61. The van der Waals surface area contributed by atoms with Gasteiger partial charge in [0.1, 0.15) is 6.10 Å². The largest absolute Gasteiger partial charge is 0.462 e. The highest BCUT2D eigenvalue weighted by molar-refractivity contribution is 5.91. The molecule has 0 radical (unpaired) electrons. The zero-order valence-electron chi connectivity index (χ0n) is 16.1. The number of carbonyl (C=O) groups excluding carboxylic acids is 2. The highest BCUT2D eigenvalue weighted by atomic mass is 16.5. The van der Waals surface area contributed by atoms with Gasteiger partial charge in [-0.15, -0.1) is 0 Å². The molecule has 0 aromatic heterocycles. The molecule has 0 aliphatic heterocycles. The van der Waals surface area contributed by atoms with Crippen LogP contribution in [0.2, 0.25) is 0 Å². The summed E-state index contributed by atoms with van der Waals surface area (Å²) in [5, 5.41) is 0. The molecule has 0 amide bonds. The first-order valence-electron chi connectivity index (χ1n) is 10.2. The maximum Gasteiger partial charge on any atom is 0.302 e. The Balaban J connectivity index is 1.65. The summed E-state index contributed by atoms with van der Waals surface area (Å²) in [7, 11) is 0. The Morgan fingerprint density at radius 1 is 1.12 bits per heavy atom. The van der Waals surface area contributed by atoms with E-state index in [1.54, 1.807) is 6.92 Å². The Kier molecular flexibility index (Phi) is 3.94. The molecule has 4 aliphatic rings. The van der Waals surface area contributed by atoms with Crippen LogP contribution in [0, 0.1) is 34.5 Å². The van der Waals surface area contributed by atoms with Crippen molar-refractivity contribution in [2.24, 2.45) is 34.5 Å². The van der Waals surface area contributed by atoms with Gasteiger partial charge in [-0.2, -0.15) is 0 Å². The average Bonchev–Trinajstić information content (AvgIpc) is 2.85. The van der Waals surface area contributed by atoms with Crippen LogP contribution in [0.4, 0.5) is 0 Å². The Morgan fingerprint density at radius 2 is 1.88 bits per heavy atom. The molecule has 7 atom stereocenters. The number of ether oxygens (including phenoxy) is 1. The Labute approximate surface area is 151 Å². The van der Waals surface area contributed by atoms with Gasteiger partial charge in [0.25, 0.3) is 0 Å². The van der Waals surface area contributed by atoms with E-state index in [1.165, 1.54) is 31.3 Å². The zero-order chi connectivity index (χ0) is 18.0. The normalized spacial score (nSPS) is 48.9. The number of esters is 1. The first-order valence-corrected chi connectivity index (χ1v) is 10.2. The van der Waals surface area contributed by atoms with Gasteiger partial charge in [0.05, 0.1) is 0 Å². The van der Waals surface area contributed by atoms with E-state index in [9.17, 15) is 9.59 Å². The summed E-state index contributed by atoms with van der Waals surface area (Å²) >= 11 is 0. The minimum Gasteiger partial charge on any atom is -0.462 e. The molecular weight excluding hydrogens is 312 g/mol. The molecule has 4 aliphatic carbocycles. The van der Waals surface area contributed by atoms with Crippen LogP contribution in [0.5, 0.6) is 0 Å². The van der Waals surface area contributed by atoms with Gasteiger partial charge in [-0.1, -0.05) is 19.4 Å². The monoisotopic (exact) mass is 344 g/mol. The van der Waals surface area contributed by atoms with Gasteiger partial charge in [-0.3, -0.25) is 9.59 Å². The van der Waals surface area contributed by atoms with Crippen molar-refractivity contribution in [2.45, 2.75) is 78.7 Å². The lowest BCUT2D eigenvalue weighted by Crippen LogP contribution is -2.54. The maximum atomic E-state index is 12.1. The van der Waals surface area contributed by atoms with Crippen LogP contribution in [0.15, 0.2) is 11.6 Å². The number of carbonyl (C=O) groups is 2. The van der Waals surface area contributed by atoms with Gasteiger partial charge in [0.2, 0.25) is 0 Å². The molecule has 0 N–H and O–H groups in total. The third kappa shape index (κ3) is 2.37. The fourth-order valence-corrected chi connectivity index (χ4v) is 7.40. The summed E-state index contributed by atoms with van der Waals surface area (Å²) in [6.45, 7) is 8.54. The average molecular weight is 344 g/mol. The second kappa shape index (κ2) is 5.69. The summed E-state index contributed by atoms with van der Waals surface area (Å²) in [6, 6.07) is 0. The topological polar surface area (TPSA) is 43.4 Å². The van der Waals surface area contributed by atoms with Gasteiger partial charge in [0, 0.05) is 18.8 Å². The molecule has 0 heterocycles. The Hall–Kier alpha value is -1.12. The molecule has 4 rings (SSSR count). The Morgan fingerprint density at radius 3 is 2.60 bits per heavy atom. The minimum atomic E-state index is -0.130. The molecule has 3 nitrogen and oxygen atoms in total. The summed E-state index contributed by atoms with van der Waals surface area (Å²) in [5.41, 5.74) is 1.66. The summed E-state index contributed by atoms with van der Waals surface area (Å²) in [5.74, 6) is 2.80. The van der Waals surface area contributed by atoms with E-state index in [0.717, 1.165) is 25.2 Å². The fourth-order valence-electron chi connectivity index (χ4n) is 7.40. The molecule has 138 valence electrons. The van der Waals surface area contributed by atoms with E-state index in [-0.39, 0.29) is 22.9 Å². The second-order valence-electron chi connectivity index (χ2n) is 9.65. The van der Waals surface area contributed by atoms with E-state index in [2.05, 4.69) is 20.8 Å². The third-order valence-corrected chi connectivity index (χ3v) is 8.80. The quantitative estimate of drug-likeness (QED) is 0.648. The van der Waals surface area contributed by atoms with Crippen molar-refractivity contribution < 1.29 is 14.3 Å². The molecular formula is C22H32O3. The predicted octanol–water partition coefficient (Wildman–Crippen LogP) is 4.70. The summed E-state index contributed by atoms with van der Waals surface area (Å²) in [6.07, 6.45) is 9.79. The fraction of sp³-hybridized carbons (Fsp3) is 0.818. The molecule has 3 saturated carbocycles. The van der Waals surface area contributed by atoms with Crippen LogP contribution in [0.1, 0.15) is 72.6 Å². The van der Waals surface area contributed by atoms with Crippen LogP contribution in [-0.4, -0.2) is 17.9 Å². The third-order valence-electron chi connectivity index (χ3n) is 8.80. The van der Waals surface area contributed by atoms with Crippen LogP contribution < -0.4 is 0 Å². The van der Waals surface area contributed by atoms with Crippen molar-refractivity contribution in [3.05, 3.63) is 11.6 Å². The van der Waals surface area contributed by atoms with Crippen LogP contribution >= 0.6 is 0 Å². The molecule has 0 spiro atoms. The van der Waals surface area contributed by atoms with Gasteiger partial charge in [-0.05, 0) is 80.6 Å². The molecule has 0 saturated heterocycles. The number of ketones is 1. The lowest BCUT2D eigenvalue weighted by molar-refractivity contribution is -0.158. The van der Waals surface area contributed by atoms with E-state index >= 15 is 0 Å². The smallest absolute Gasteiger partial charge is 0.302 e. The van der Waals surface area contributed by atoms with Crippen molar-refractivity contribution in [1.29, 1.82) is 0 Å². The molecule has 0 bridgehead atoms. The Bertz CT molecular complexity index is 635. The summed E-state index contributed by atoms with van der Waals surface area (Å²) < 4.78 is 5.74. The van der Waals surface area contributed by atoms with Crippen LogP contribution in [0.3, 0.4) is 0 Å². The predicted molar refractivity (Wildman–Crippen MR) is 96.8 cm³/mol. The highest BCUT2D eigenvalue weighted by Crippen LogP contribution is 2.66. The van der Waals surface area contributed by atoms with E-state index in [4.69, 9.17) is 4.74 Å². The number of fused-ring (bicyclic) bond motifs is 5. The number of hydrogen-bond acceptors (Lipinski definition) is 3. The van der Waals surface area contributed by atoms with Crippen LogP contribution in [0.25, 0.3) is 0 Å². The SMILES string of the molecule is CC(=O)O[C@@H]1CC[C@H]2[C@@H]3CC[C@H]4CC(=O)C=C(C)[C@]4(C)[C@H]3CC[C@@]12C. The van der Waals surface area contributed by atoms with Crippen molar-refractivity contribution >= 4 is 11.8 Å². The van der Waals surface area contributed by atoms with Crippen molar-refractivity contribution in [2.75, 3.05) is 0 Å². The van der Waals surface area contributed by atoms with E-state index in [1.807, 2.05) is 6.08 Å². The molecule has 25 heavy (non-hydrogen) atoms. The van der Waals surface area contributed by atoms with E-state index < -0.39 is 0 Å². The number of rotatable bonds is 1. The molecule has 0 aromatic carbocycles. The summed E-state index contributed by atoms with van der Waals surface area (Å²) in [4.78, 5) is 23.6. The standard InChI is InChI=1S/C22H32O3/c1-13-11-16(24)12-15-5-6-17-18-7-8-20(25-14(2)23)21(18,3)10-9-19(17)22(13,15)4/h11,15,17-20H,5-10,12H2,1-4H3/t15-,17-,18-,19-,20+,21+,22-/m0/s1. The van der Waals surface area contributed by atoms with Gasteiger partial charge in [-0.25, -0.2) is 0 Å². The first-order chi connectivity index (χ1) is 11.8. The molecule has 3 fully saturated rings. The lowest BCUT2D eigenvalue weighted by atomic mass is 9.45. The van der Waals surface area contributed by atoms with Crippen molar-refractivity contribution in [3.8, 4) is 0 Å². The zero-order valence-corrected chi connectivity index (χ0v) is 16.1. The van der Waals surface area contributed by atoms with Crippen LogP contribution in [-0.2, 0) is 14.3 Å². The molecule has 0 unspecified atom stereocenters. The minimum absolute atomic E-state index is 0.103. The van der Waals surface area contributed by atoms with Crippen molar-refractivity contribution in [1.82, 2.24) is 0 Å². The lowest BCUT2D eigenvalue weighted by Gasteiger charge is -2.60.